The van der Waals surface area contributed by atoms with Crippen LogP contribution in [-0.4, -0.2) is 18.3 Å². The third-order valence-electron chi connectivity index (χ3n) is 1.82. The van der Waals surface area contributed by atoms with E-state index in [2.05, 4.69) is 27.9 Å². The van der Waals surface area contributed by atoms with Gasteiger partial charge in [0.2, 0.25) is 0 Å². The van der Waals surface area contributed by atoms with Gasteiger partial charge in [-0.1, -0.05) is 12.1 Å². The Labute approximate surface area is 102 Å². The van der Waals surface area contributed by atoms with Crippen molar-refractivity contribution >= 4 is 40.1 Å². The molecule has 1 aromatic rings. The van der Waals surface area contributed by atoms with Gasteiger partial charge in [-0.15, -0.1) is 11.6 Å². The number of aryl methyl sites for hydroxylation is 1. The summed E-state index contributed by atoms with van der Waals surface area (Å²) in [5.41, 5.74) is 1.83. The summed E-state index contributed by atoms with van der Waals surface area (Å²) in [6.45, 7) is 2.49. The number of alkyl halides is 1. The monoisotopic (exact) mass is 323 g/mol. The van der Waals surface area contributed by atoms with E-state index in [0.717, 1.165) is 14.7 Å². The number of benzene rings is 1. The molecule has 1 aromatic carbocycles. The van der Waals surface area contributed by atoms with E-state index in [1.165, 1.54) is 0 Å². The molecule has 0 aliphatic heterocycles. The topological polar surface area (TPSA) is 29.1 Å². The van der Waals surface area contributed by atoms with Crippen molar-refractivity contribution in [1.29, 1.82) is 0 Å². The molecule has 0 aliphatic rings. The Morgan fingerprint density at radius 3 is 2.93 bits per heavy atom. The summed E-state index contributed by atoms with van der Waals surface area (Å²) < 4.78 is 0.997. The van der Waals surface area contributed by atoms with Crippen LogP contribution in [-0.2, 0) is 0 Å². The van der Waals surface area contributed by atoms with E-state index in [-0.39, 0.29) is 5.91 Å². The number of nitrogens with one attached hydrogen (secondary N) is 1. The van der Waals surface area contributed by atoms with Crippen LogP contribution in [0, 0.1) is 10.5 Å². The molecule has 0 heterocycles. The van der Waals surface area contributed by atoms with Gasteiger partial charge in [-0.3, -0.25) is 4.79 Å². The number of carbonyl (C=O) groups excluding carboxylic acids is 1. The summed E-state index contributed by atoms with van der Waals surface area (Å²) in [4.78, 5) is 11.6. The molecule has 14 heavy (non-hydrogen) atoms. The molecule has 0 aromatic heterocycles. The second kappa shape index (κ2) is 5.56. The van der Waals surface area contributed by atoms with Gasteiger partial charge in [0.25, 0.3) is 5.91 Å². The molecule has 4 heteroatoms. The fourth-order valence-corrected chi connectivity index (χ4v) is 1.78. The normalized spacial score (nSPS) is 9.93. The highest BCUT2D eigenvalue weighted by atomic mass is 127. The third kappa shape index (κ3) is 2.85. The SMILES string of the molecule is Cc1cccc(C(=O)NCCCl)c1I. The maximum atomic E-state index is 11.6. The number of rotatable bonds is 3. The standard InChI is InChI=1S/C10H11ClINO/c1-7-3-2-4-8(9(7)12)10(14)13-6-5-11/h2-4H,5-6H2,1H3,(H,13,14). The van der Waals surface area contributed by atoms with Gasteiger partial charge in [-0.05, 0) is 41.1 Å². The summed E-state index contributed by atoms with van der Waals surface area (Å²) in [6, 6.07) is 5.69. The van der Waals surface area contributed by atoms with Gasteiger partial charge in [0.05, 0.1) is 5.56 Å². The van der Waals surface area contributed by atoms with Crippen LogP contribution in [0.25, 0.3) is 0 Å². The van der Waals surface area contributed by atoms with Crippen LogP contribution in [0.1, 0.15) is 15.9 Å². The fraction of sp³-hybridized carbons (Fsp3) is 0.300. The molecule has 0 bridgehead atoms. The van der Waals surface area contributed by atoms with E-state index in [1.54, 1.807) is 0 Å². The Morgan fingerprint density at radius 2 is 2.29 bits per heavy atom. The van der Waals surface area contributed by atoms with Crippen molar-refractivity contribution in [2.45, 2.75) is 6.92 Å². The quantitative estimate of drug-likeness (QED) is 0.672. The molecule has 0 aliphatic carbocycles. The molecule has 2 nitrogen and oxygen atoms in total. The Morgan fingerprint density at radius 1 is 1.57 bits per heavy atom. The second-order valence-electron chi connectivity index (χ2n) is 2.88. The van der Waals surface area contributed by atoms with Gasteiger partial charge in [0.15, 0.2) is 0 Å². The van der Waals surface area contributed by atoms with Crippen molar-refractivity contribution in [2.24, 2.45) is 0 Å². The van der Waals surface area contributed by atoms with Gasteiger partial charge in [0, 0.05) is 16.0 Å². The molecule has 76 valence electrons. The van der Waals surface area contributed by atoms with Crippen molar-refractivity contribution in [2.75, 3.05) is 12.4 Å². The van der Waals surface area contributed by atoms with E-state index >= 15 is 0 Å². The predicted octanol–water partition coefficient (Wildman–Crippen LogP) is 2.57. The fourth-order valence-electron chi connectivity index (χ4n) is 1.08. The first-order chi connectivity index (χ1) is 6.66. The molecule has 1 rings (SSSR count). The summed E-state index contributed by atoms with van der Waals surface area (Å²) in [6.07, 6.45) is 0. The van der Waals surface area contributed by atoms with E-state index in [9.17, 15) is 4.79 Å². The summed E-state index contributed by atoms with van der Waals surface area (Å²) in [5.74, 6) is 0.382. The van der Waals surface area contributed by atoms with Crippen LogP contribution in [0.3, 0.4) is 0 Å². The zero-order chi connectivity index (χ0) is 10.6. The number of carbonyl (C=O) groups is 1. The van der Waals surface area contributed by atoms with E-state index < -0.39 is 0 Å². The molecule has 0 spiro atoms. The van der Waals surface area contributed by atoms with Crippen LogP contribution < -0.4 is 5.32 Å². The highest BCUT2D eigenvalue weighted by molar-refractivity contribution is 14.1. The van der Waals surface area contributed by atoms with E-state index in [1.807, 2.05) is 25.1 Å². The van der Waals surface area contributed by atoms with Gasteiger partial charge < -0.3 is 5.32 Å². The lowest BCUT2D eigenvalue weighted by Crippen LogP contribution is -2.26. The first-order valence-corrected chi connectivity index (χ1v) is 5.87. The van der Waals surface area contributed by atoms with Crippen molar-refractivity contribution in [3.8, 4) is 0 Å². The van der Waals surface area contributed by atoms with Crippen molar-refractivity contribution in [3.63, 3.8) is 0 Å². The molecule has 0 atom stereocenters. The van der Waals surface area contributed by atoms with Crippen molar-refractivity contribution < 1.29 is 4.79 Å². The second-order valence-corrected chi connectivity index (χ2v) is 4.34. The van der Waals surface area contributed by atoms with Crippen LogP contribution >= 0.6 is 34.2 Å². The average Bonchev–Trinajstić information content (AvgIpc) is 2.18. The lowest BCUT2D eigenvalue weighted by molar-refractivity contribution is 0.0955. The number of hydrogen-bond acceptors (Lipinski definition) is 1. The van der Waals surface area contributed by atoms with Gasteiger partial charge >= 0.3 is 0 Å². The third-order valence-corrected chi connectivity index (χ3v) is 3.44. The molecule has 0 saturated carbocycles. The van der Waals surface area contributed by atoms with Gasteiger partial charge in [-0.25, -0.2) is 0 Å². The first kappa shape index (κ1) is 11.8. The Bertz CT molecular complexity index is 341. The molecule has 1 amide bonds. The highest BCUT2D eigenvalue weighted by Gasteiger charge is 2.09. The number of amides is 1. The smallest absolute Gasteiger partial charge is 0.252 e. The highest BCUT2D eigenvalue weighted by Crippen LogP contribution is 2.16. The molecule has 0 radical (unpaired) electrons. The van der Waals surface area contributed by atoms with Crippen LogP contribution in [0.2, 0.25) is 0 Å². The maximum Gasteiger partial charge on any atom is 0.252 e. The molecular weight excluding hydrogens is 312 g/mol. The number of halogens is 2. The van der Waals surface area contributed by atoms with Gasteiger partial charge in [-0.2, -0.15) is 0 Å². The number of hydrogen-bond donors (Lipinski definition) is 1. The molecule has 1 N–H and O–H groups in total. The summed E-state index contributed by atoms with van der Waals surface area (Å²) in [5, 5.41) is 2.74. The zero-order valence-corrected chi connectivity index (χ0v) is 10.7. The van der Waals surface area contributed by atoms with E-state index in [4.69, 9.17) is 11.6 Å². The van der Waals surface area contributed by atoms with Gasteiger partial charge in [0.1, 0.15) is 0 Å². The average molecular weight is 324 g/mol. The molecule has 0 unspecified atom stereocenters. The van der Waals surface area contributed by atoms with Crippen LogP contribution in [0.4, 0.5) is 0 Å². The van der Waals surface area contributed by atoms with E-state index in [0.29, 0.717) is 12.4 Å². The predicted molar refractivity (Wildman–Crippen MR) is 66.9 cm³/mol. The first-order valence-electron chi connectivity index (χ1n) is 4.26. The van der Waals surface area contributed by atoms with Crippen molar-refractivity contribution in [1.82, 2.24) is 5.32 Å². The minimum absolute atomic E-state index is 0.0567. The minimum Gasteiger partial charge on any atom is -0.351 e. The van der Waals surface area contributed by atoms with Crippen LogP contribution in [0.5, 0.6) is 0 Å². The lowest BCUT2D eigenvalue weighted by atomic mass is 10.1. The minimum atomic E-state index is -0.0567. The lowest BCUT2D eigenvalue weighted by Gasteiger charge is -2.06. The van der Waals surface area contributed by atoms with Crippen LogP contribution in [0.15, 0.2) is 18.2 Å². The van der Waals surface area contributed by atoms with Crippen molar-refractivity contribution in [3.05, 3.63) is 32.9 Å². The Balaban J connectivity index is 2.84. The summed E-state index contributed by atoms with van der Waals surface area (Å²) in [7, 11) is 0. The Kier molecular flexibility index (Phi) is 4.68. The zero-order valence-electron chi connectivity index (χ0n) is 7.81. The summed E-state index contributed by atoms with van der Waals surface area (Å²) >= 11 is 7.67. The largest absolute Gasteiger partial charge is 0.351 e. The molecule has 0 saturated heterocycles. The Hall–Kier alpha value is -0.290. The molecular formula is C10H11ClINO. The maximum absolute atomic E-state index is 11.6. The molecule has 0 fully saturated rings.